The Morgan fingerprint density at radius 3 is 2.70 bits per heavy atom. The number of nitrogens with zero attached hydrogens (tertiary/aromatic N) is 2. The molecule has 0 bridgehead atoms. The van der Waals surface area contributed by atoms with Gasteiger partial charge in [0.15, 0.2) is 5.78 Å². The lowest BCUT2D eigenvalue weighted by Gasteiger charge is -2.20. The summed E-state index contributed by atoms with van der Waals surface area (Å²) in [4.78, 5) is 17.2. The van der Waals surface area contributed by atoms with E-state index in [0.29, 0.717) is 21.9 Å². The van der Waals surface area contributed by atoms with Crippen LogP contribution in [0.2, 0.25) is 0 Å². The van der Waals surface area contributed by atoms with Crippen molar-refractivity contribution in [1.82, 2.24) is 4.98 Å². The summed E-state index contributed by atoms with van der Waals surface area (Å²) in [5.41, 5.74) is 4.18. The van der Waals surface area contributed by atoms with Gasteiger partial charge in [0, 0.05) is 16.8 Å². The number of aryl methyl sites for hydroxylation is 1. The number of pyridine rings is 1. The van der Waals surface area contributed by atoms with Gasteiger partial charge >= 0.3 is 0 Å². The average molecular weight is 374 g/mol. The standard InChI is InChI=1S/C22H18N2O2S/c23-13-17-21(20-11-6-12-26-20)16-9-4-5-10-18(16)24-22(17)27-14-19(25)15-7-2-1-3-8-15/h1-3,6-8,11-12H,4-5,9-10,14H2. The largest absolute Gasteiger partial charge is 0.464 e. The Morgan fingerprint density at radius 1 is 1.15 bits per heavy atom. The number of ketones is 1. The van der Waals surface area contributed by atoms with Crippen LogP contribution in [0.15, 0.2) is 58.2 Å². The Labute approximate surface area is 162 Å². The Kier molecular flexibility index (Phi) is 5.08. The fourth-order valence-corrected chi connectivity index (χ4v) is 4.36. The molecule has 27 heavy (non-hydrogen) atoms. The number of rotatable bonds is 5. The molecule has 134 valence electrons. The van der Waals surface area contributed by atoms with Crippen LogP contribution in [0.5, 0.6) is 0 Å². The highest BCUT2D eigenvalue weighted by atomic mass is 32.2. The van der Waals surface area contributed by atoms with Crippen LogP contribution in [0.25, 0.3) is 11.3 Å². The summed E-state index contributed by atoms with van der Waals surface area (Å²) < 4.78 is 5.62. The maximum absolute atomic E-state index is 12.5. The number of thioether (sulfide) groups is 1. The molecule has 5 heteroatoms. The summed E-state index contributed by atoms with van der Waals surface area (Å²) >= 11 is 1.33. The third kappa shape index (κ3) is 3.54. The fraction of sp³-hybridized carbons (Fsp3) is 0.227. The molecule has 0 atom stereocenters. The number of furan rings is 1. The van der Waals surface area contributed by atoms with E-state index in [2.05, 4.69) is 6.07 Å². The second-order valence-electron chi connectivity index (χ2n) is 6.47. The van der Waals surface area contributed by atoms with Gasteiger partial charge < -0.3 is 4.42 Å². The van der Waals surface area contributed by atoms with E-state index in [-0.39, 0.29) is 11.5 Å². The summed E-state index contributed by atoms with van der Waals surface area (Å²) in [5, 5.41) is 10.5. The second-order valence-corrected chi connectivity index (χ2v) is 7.43. The molecule has 0 aliphatic heterocycles. The molecule has 0 radical (unpaired) electrons. The number of benzene rings is 1. The zero-order chi connectivity index (χ0) is 18.6. The third-order valence-corrected chi connectivity index (χ3v) is 5.73. The number of aromatic nitrogens is 1. The van der Waals surface area contributed by atoms with E-state index in [0.717, 1.165) is 42.5 Å². The minimum atomic E-state index is 0.0311. The van der Waals surface area contributed by atoms with E-state index in [1.807, 2.05) is 42.5 Å². The van der Waals surface area contributed by atoms with Crippen LogP contribution in [0.4, 0.5) is 0 Å². The maximum atomic E-state index is 12.5. The minimum Gasteiger partial charge on any atom is -0.464 e. The van der Waals surface area contributed by atoms with Crippen molar-refractivity contribution in [3.63, 3.8) is 0 Å². The van der Waals surface area contributed by atoms with Gasteiger partial charge in [0.05, 0.1) is 17.6 Å². The van der Waals surface area contributed by atoms with Crippen molar-refractivity contribution in [3.05, 3.63) is 71.1 Å². The van der Waals surface area contributed by atoms with Crippen molar-refractivity contribution >= 4 is 17.5 Å². The van der Waals surface area contributed by atoms with Crippen molar-refractivity contribution < 1.29 is 9.21 Å². The van der Waals surface area contributed by atoms with Gasteiger partial charge in [0.25, 0.3) is 0 Å². The van der Waals surface area contributed by atoms with Crippen molar-refractivity contribution in [2.24, 2.45) is 0 Å². The van der Waals surface area contributed by atoms with E-state index in [4.69, 9.17) is 9.40 Å². The summed E-state index contributed by atoms with van der Waals surface area (Å²) in [5.74, 6) is 0.981. The van der Waals surface area contributed by atoms with E-state index >= 15 is 0 Å². The number of Topliss-reactive ketones (excluding diaryl/α,β-unsaturated/α-hetero) is 1. The molecule has 4 rings (SSSR count). The van der Waals surface area contributed by atoms with Gasteiger partial charge in [-0.1, -0.05) is 42.1 Å². The molecule has 0 unspecified atom stereocenters. The summed E-state index contributed by atoms with van der Waals surface area (Å²) in [7, 11) is 0. The molecule has 4 nitrogen and oxygen atoms in total. The van der Waals surface area contributed by atoms with Crippen molar-refractivity contribution in [2.45, 2.75) is 30.7 Å². The molecule has 1 aromatic carbocycles. The average Bonchev–Trinajstić information content (AvgIpc) is 3.25. The number of carbonyl (C=O) groups excluding carboxylic acids is 1. The Hall–Kier alpha value is -2.84. The van der Waals surface area contributed by atoms with E-state index in [1.54, 1.807) is 6.26 Å². The van der Waals surface area contributed by atoms with Gasteiger partial charge in [-0.3, -0.25) is 4.79 Å². The fourth-order valence-electron chi connectivity index (χ4n) is 3.46. The Bertz CT molecular complexity index is 1010. The van der Waals surface area contributed by atoms with Crippen LogP contribution in [0.1, 0.15) is 40.0 Å². The van der Waals surface area contributed by atoms with Gasteiger partial charge in [0.1, 0.15) is 16.9 Å². The molecular formula is C22H18N2O2S. The van der Waals surface area contributed by atoms with Crippen LogP contribution in [-0.4, -0.2) is 16.5 Å². The highest BCUT2D eigenvalue weighted by Crippen LogP contribution is 2.38. The topological polar surface area (TPSA) is 66.9 Å². The number of hydrogen-bond donors (Lipinski definition) is 0. The first kappa shape index (κ1) is 17.6. The molecule has 2 aromatic heterocycles. The SMILES string of the molecule is N#Cc1c(SCC(=O)c2ccccc2)nc2c(c1-c1ccco1)CCCC2. The van der Waals surface area contributed by atoms with E-state index < -0.39 is 0 Å². The van der Waals surface area contributed by atoms with Gasteiger partial charge in [0.2, 0.25) is 0 Å². The summed E-state index contributed by atoms with van der Waals surface area (Å²) in [6.07, 6.45) is 5.61. The predicted octanol–water partition coefficient (Wildman–Crippen LogP) is 5.07. The Balaban J connectivity index is 1.72. The first-order valence-electron chi connectivity index (χ1n) is 8.98. The van der Waals surface area contributed by atoms with Gasteiger partial charge in [-0.25, -0.2) is 4.98 Å². The van der Waals surface area contributed by atoms with Crippen LogP contribution in [-0.2, 0) is 12.8 Å². The summed E-state index contributed by atoms with van der Waals surface area (Å²) in [6.45, 7) is 0. The lowest BCUT2D eigenvalue weighted by molar-refractivity contribution is 0.102. The van der Waals surface area contributed by atoms with Crippen LogP contribution < -0.4 is 0 Å². The molecule has 2 heterocycles. The normalized spacial score (nSPS) is 13.0. The molecule has 0 fully saturated rings. The minimum absolute atomic E-state index is 0.0311. The molecule has 0 saturated carbocycles. The number of nitriles is 1. The van der Waals surface area contributed by atoms with Gasteiger partial charge in [-0.05, 0) is 43.4 Å². The lowest BCUT2D eigenvalue weighted by atomic mass is 9.89. The van der Waals surface area contributed by atoms with Crippen molar-refractivity contribution in [3.8, 4) is 17.4 Å². The zero-order valence-corrected chi connectivity index (χ0v) is 15.6. The Morgan fingerprint density at radius 2 is 1.96 bits per heavy atom. The van der Waals surface area contributed by atoms with Gasteiger partial charge in [-0.15, -0.1) is 0 Å². The van der Waals surface area contributed by atoms with Gasteiger partial charge in [-0.2, -0.15) is 5.26 Å². The summed E-state index contributed by atoms with van der Waals surface area (Å²) in [6, 6.07) is 15.2. The second kappa shape index (κ2) is 7.81. The number of carbonyl (C=O) groups is 1. The third-order valence-electron chi connectivity index (χ3n) is 4.76. The lowest BCUT2D eigenvalue weighted by Crippen LogP contribution is -2.11. The molecule has 0 spiro atoms. The molecule has 1 aliphatic rings. The highest BCUT2D eigenvalue weighted by Gasteiger charge is 2.25. The van der Waals surface area contributed by atoms with Crippen molar-refractivity contribution in [2.75, 3.05) is 5.75 Å². The van der Waals surface area contributed by atoms with E-state index in [1.165, 1.54) is 11.8 Å². The highest BCUT2D eigenvalue weighted by molar-refractivity contribution is 8.00. The molecule has 3 aromatic rings. The first-order chi connectivity index (χ1) is 13.3. The molecular weight excluding hydrogens is 356 g/mol. The first-order valence-corrected chi connectivity index (χ1v) is 9.97. The smallest absolute Gasteiger partial charge is 0.173 e. The van der Waals surface area contributed by atoms with Crippen LogP contribution in [0, 0.1) is 11.3 Å². The molecule has 0 N–H and O–H groups in total. The number of hydrogen-bond acceptors (Lipinski definition) is 5. The monoisotopic (exact) mass is 374 g/mol. The van der Waals surface area contributed by atoms with Crippen LogP contribution >= 0.6 is 11.8 Å². The molecule has 1 aliphatic carbocycles. The predicted molar refractivity (Wildman–Crippen MR) is 105 cm³/mol. The number of fused-ring (bicyclic) bond motifs is 1. The molecule has 0 saturated heterocycles. The maximum Gasteiger partial charge on any atom is 0.173 e. The van der Waals surface area contributed by atoms with E-state index in [9.17, 15) is 10.1 Å². The van der Waals surface area contributed by atoms with Crippen LogP contribution in [0.3, 0.4) is 0 Å². The zero-order valence-electron chi connectivity index (χ0n) is 14.8. The van der Waals surface area contributed by atoms with Crippen molar-refractivity contribution in [1.29, 1.82) is 5.26 Å². The molecule has 0 amide bonds. The quantitative estimate of drug-likeness (QED) is 0.461.